The van der Waals surface area contributed by atoms with Gasteiger partial charge in [-0.25, -0.2) is 4.39 Å². The highest BCUT2D eigenvalue weighted by atomic mass is 35.5. The first-order valence-electron chi connectivity index (χ1n) is 5.23. The average Bonchev–Trinajstić information content (AvgIpc) is 2.32. The van der Waals surface area contributed by atoms with Gasteiger partial charge in [0.1, 0.15) is 5.82 Å². The van der Waals surface area contributed by atoms with Crippen molar-refractivity contribution in [2.24, 2.45) is 5.41 Å². The molecule has 0 unspecified atom stereocenters. The van der Waals surface area contributed by atoms with E-state index in [9.17, 15) is 14.6 Å². The summed E-state index contributed by atoms with van der Waals surface area (Å²) in [6, 6.07) is 4.76. The predicted molar refractivity (Wildman–Crippen MR) is 62.0 cm³/mol. The fourth-order valence-corrected chi connectivity index (χ4v) is 1.79. The SMILES string of the molecule is CCC(CO)(CO)Cc1cccc(Cl)c1F. The largest absolute Gasteiger partial charge is 0.396 e. The van der Waals surface area contributed by atoms with E-state index in [1.165, 1.54) is 6.07 Å². The molecule has 0 aromatic heterocycles. The summed E-state index contributed by atoms with van der Waals surface area (Å²) in [6.07, 6.45) is 0.856. The van der Waals surface area contributed by atoms with Gasteiger partial charge in [0.05, 0.1) is 18.2 Å². The first-order chi connectivity index (χ1) is 7.58. The van der Waals surface area contributed by atoms with E-state index >= 15 is 0 Å². The van der Waals surface area contributed by atoms with Crippen LogP contribution in [0, 0.1) is 11.2 Å². The van der Waals surface area contributed by atoms with Crippen LogP contribution in [0.4, 0.5) is 4.39 Å². The zero-order valence-corrected chi connectivity index (χ0v) is 9.97. The quantitative estimate of drug-likeness (QED) is 0.838. The Bertz CT molecular complexity index is 343. The van der Waals surface area contributed by atoms with Crippen molar-refractivity contribution < 1.29 is 14.6 Å². The molecule has 0 atom stereocenters. The van der Waals surface area contributed by atoms with Crippen LogP contribution in [0.5, 0.6) is 0 Å². The number of aliphatic hydroxyl groups excluding tert-OH is 2. The molecule has 4 heteroatoms. The van der Waals surface area contributed by atoms with Gasteiger partial charge in [-0.05, 0) is 24.5 Å². The summed E-state index contributed by atoms with van der Waals surface area (Å²) in [5.41, 5.74) is -0.247. The molecule has 0 saturated heterocycles. The summed E-state index contributed by atoms with van der Waals surface area (Å²) >= 11 is 5.67. The van der Waals surface area contributed by atoms with Gasteiger partial charge in [0, 0.05) is 5.41 Å². The van der Waals surface area contributed by atoms with Crippen molar-refractivity contribution in [3.63, 3.8) is 0 Å². The third kappa shape index (κ3) is 2.73. The van der Waals surface area contributed by atoms with E-state index < -0.39 is 11.2 Å². The average molecular weight is 247 g/mol. The molecule has 0 aliphatic rings. The van der Waals surface area contributed by atoms with E-state index in [4.69, 9.17) is 11.6 Å². The Hall–Kier alpha value is -0.640. The van der Waals surface area contributed by atoms with Crippen LogP contribution in [0.1, 0.15) is 18.9 Å². The van der Waals surface area contributed by atoms with Crippen molar-refractivity contribution in [2.75, 3.05) is 13.2 Å². The molecule has 2 N–H and O–H groups in total. The first-order valence-corrected chi connectivity index (χ1v) is 5.61. The molecule has 1 rings (SSSR count). The Morgan fingerprint density at radius 1 is 1.31 bits per heavy atom. The fraction of sp³-hybridized carbons (Fsp3) is 0.500. The van der Waals surface area contributed by atoms with Crippen molar-refractivity contribution in [2.45, 2.75) is 19.8 Å². The molecule has 0 heterocycles. The Labute approximate surface area is 99.7 Å². The normalized spacial score (nSPS) is 11.8. The summed E-state index contributed by atoms with van der Waals surface area (Å²) in [5, 5.41) is 18.6. The topological polar surface area (TPSA) is 40.5 Å². The van der Waals surface area contributed by atoms with E-state index in [0.29, 0.717) is 12.0 Å². The summed E-state index contributed by atoms with van der Waals surface area (Å²) in [7, 11) is 0. The minimum Gasteiger partial charge on any atom is -0.396 e. The van der Waals surface area contributed by atoms with E-state index in [-0.39, 0.29) is 24.7 Å². The molecule has 0 radical (unpaired) electrons. The van der Waals surface area contributed by atoms with Crippen LogP contribution in [-0.4, -0.2) is 23.4 Å². The third-order valence-electron chi connectivity index (χ3n) is 3.02. The van der Waals surface area contributed by atoms with E-state index in [1.807, 2.05) is 6.92 Å². The van der Waals surface area contributed by atoms with Crippen LogP contribution in [0.2, 0.25) is 5.02 Å². The molecule has 2 nitrogen and oxygen atoms in total. The number of rotatable bonds is 5. The van der Waals surface area contributed by atoms with Gasteiger partial charge in [0.2, 0.25) is 0 Å². The number of halogens is 2. The minimum atomic E-state index is -0.675. The molecule has 0 spiro atoms. The van der Waals surface area contributed by atoms with Gasteiger partial charge >= 0.3 is 0 Å². The number of hydrogen-bond donors (Lipinski definition) is 2. The summed E-state index contributed by atoms with van der Waals surface area (Å²) in [4.78, 5) is 0. The lowest BCUT2D eigenvalue weighted by Crippen LogP contribution is -2.32. The summed E-state index contributed by atoms with van der Waals surface area (Å²) < 4.78 is 13.6. The van der Waals surface area contributed by atoms with Gasteiger partial charge in [-0.1, -0.05) is 30.7 Å². The van der Waals surface area contributed by atoms with E-state index in [0.717, 1.165) is 0 Å². The van der Waals surface area contributed by atoms with Gasteiger partial charge in [-0.15, -0.1) is 0 Å². The molecule has 90 valence electrons. The lowest BCUT2D eigenvalue weighted by molar-refractivity contribution is 0.0507. The van der Waals surface area contributed by atoms with Crippen molar-refractivity contribution in [1.29, 1.82) is 0 Å². The monoisotopic (exact) mass is 246 g/mol. The van der Waals surface area contributed by atoms with Gasteiger partial charge in [-0.3, -0.25) is 0 Å². The smallest absolute Gasteiger partial charge is 0.144 e. The van der Waals surface area contributed by atoms with Gasteiger partial charge in [0.15, 0.2) is 0 Å². The molecule has 0 bridgehead atoms. The molecular weight excluding hydrogens is 231 g/mol. The summed E-state index contributed by atoms with van der Waals surface area (Å²) in [6.45, 7) is 1.51. The molecule has 0 amide bonds. The second-order valence-electron chi connectivity index (χ2n) is 4.06. The maximum atomic E-state index is 13.6. The Balaban J connectivity index is 2.98. The van der Waals surface area contributed by atoms with Crippen LogP contribution >= 0.6 is 11.6 Å². The van der Waals surface area contributed by atoms with E-state index in [2.05, 4.69) is 0 Å². The maximum absolute atomic E-state index is 13.6. The highest BCUT2D eigenvalue weighted by Crippen LogP contribution is 2.29. The predicted octanol–water partition coefficient (Wildman–Crippen LogP) is 2.40. The second kappa shape index (κ2) is 5.62. The molecule has 16 heavy (non-hydrogen) atoms. The number of hydrogen-bond acceptors (Lipinski definition) is 2. The molecule has 1 aromatic rings. The van der Waals surface area contributed by atoms with Gasteiger partial charge in [0.25, 0.3) is 0 Å². The zero-order valence-electron chi connectivity index (χ0n) is 9.21. The third-order valence-corrected chi connectivity index (χ3v) is 3.31. The first kappa shape index (κ1) is 13.4. The van der Waals surface area contributed by atoms with Crippen LogP contribution in [0.25, 0.3) is 0 Å². The zero-order chi connectivity index (χ0) is 12.2. The van der Waals surface area contributed by atoms with Gasteiger partial charge < -0.3 is 10.2 Å². The maximum Gasteiger partial charge on any atom is 0.144 e. The molecule has 0 aliphatic carbocycles. The molecule has 0 aliphatic heterocycles. The van der Waals surface area contributed by atoms with Crippen LogP contribution < -0.4 is 0 Å². The van der Waals surface area contributed by atoms with Crippen LogP contribution in [0.3, 0.4) is 0 Å². The Morgan fingerprint density at radius 2 is 1.94 bits per heavy atom. The highest BCUT2D eigenvalue weighted by Gasteiger charge is 2.28. The Morgan fingerprint density at radius 3 is 2.44 bits per heavy atom. The number of benzene rings is 1. The van der Waals surface area contributed by atoms with Crippen molar-refractivity contribution in [1.82, 2.24) is 0 Å². The van der Waals surface area contributed by atoms with Crippen LogP contribution in [0.15, 0.2) is 18.2 Å². The standard InChI is InChI=1S/C12H16ClFO2/c1-2-12(7-15,8-16)6-9-4-3-5-10(13)11(9)14/h3-5,15-16H,2,6-8H2,1H3. The van der Waals surface area contributed by atoms with Crippen molar-refractivity contribution >= 4 is 11.6 Å². The molecule has 1 aromatic carbocycles. The van der Waals surface area contributed by atoms with Gasteiger partial charge in [-0.2, -0.15) is 0 Å². The lowest BCUT2D eigenvalue weighted by atomic mass is 9.80. The van der Waals surface area contributed by atoms with Crippen molar-refractivity contribution in [3.05, 3.63) is 34.6 Å². The Kier molecular flexibility index (Phi) is 4.71. The van der Waals surface area contributed by atoms with Crippen molar-refractivity contribution in [3.8, 4) is 0 Å². The molecule has 0 saturated carbocycles. The highest BCUT2D eigenvalue weighted by molar-refractivity contribution is 6.30. The van der Waals surface area contributed by atoms with Crippen LogP contribution in [-0.2, 0) is 6.42 Å². The van der Waals surface area contributed by atoms with E-state index in [1.54, 1.807) is 12.1 Å². The molecule has 0 fully saturated rings. The summed E-state index contributed by atoms with van der Waals surface area (Å²) in [5.74, 6) is -0.469. The lowest BCUT2D eigenvalue weighted by Gasteiger charge is -2.28. The number of aliphatic hydroxyl groups is 2. The second-order valence-corrected chi connectivity index (χ2v) is 4.47. The minimum absolute atomic E-state index is 0.0679. The fourth-order valence-electron chi connectivity index (χ4n) is 1.60. The molecular formula is C12H16ClFO2.